The molecular weight excluding hydrogens is 210 g/mol. The van der Waals surface area contributed by atoms with Crippen LogP contribution in [-0.4, -0.2) is 4.98 Å². The standard InChI is InChI=1S/C14H9N3/c1-2-4-11-9(3-1)12-7-15-6-5-10(12)13-8-16-17-14(11)13/h1-8H,(H,16,17)/p+1. The zero-order valence-electron chi connectivity index (χ0n) is 9.09. The van der Waals surface area contributed by atoms with E-state index < -0.39 is 0 Å². The first-order chi connectivity index (χ1) is 8.45. The van der Waals surface area contributed by atoms with Crippen LogP contribution in [-0.2, 0) is 0 Å². The Bertz CT molecular complexity index is 793. The van der Waals surface area contributed by atoms with Crippen LogP contribution < -0.4 is 16.0 Å². The summed E-state index contributed by atoms with van der Waals surface area (Å²) in [5, 5.41) is 11.6. The van der Waals surface area contributed by atoms with E-state index in [2.05, 4.69) is 46.6 Å². The molecule has 0 atom stereocenters. The molecule has 3 nitrogen and oxygen atoms in total. The summed E-state index contributed by atoms with van der Waals surface area (Å²) in [7, 11) is 0. The molecule has 4 rings (SSSR count). The van der Waals surface area contributed by atoms with Crippen LogP contribution in [0.2, 0.25) is 0 Å². The molecule has 3 heteroatoms. The van der Waals surface area contributed by atoms with Crippen molar-refractivity contribution >= 4 is 27.7 Å². The predicted molar refractivity (Wildman–Crippen MR) is 66.4 cm³/mol. The van der Waals surface area contributed by atoms with E-state index >= 15 is 0 Å². The molecule has 0 radical (unpaired) electrons. The third kappa shape index (κ3) is 1.09. The van der Waals surface area contributed by atoms with Crippen molar-refractivity contribution in [2.24, 2.45) is 5.10 Å². The van der Waals surface area contributed by atoms with Crippen LogP contribution in [0.4, 0.5) is 0 Å². The van der Waals surface area contributed by atoms with E-state index in [0.29, 0.717) is 0 Å². The Morgan fingerprint density at radius 2 is 1.76 bits per heavy atom. The first-order valence-electron chi connectivity index (χ1n) is 5.61. The van der Waals surface area contributed by atoms with Gasteiger partial charge in [0.25, 0.3) is 0 Å². The van der Waals surface area contributed by atoms with E-state index in [1.807, 2.05) is 17.8 Å². The van der Waals surface area contributed by atoms with Crippen LogP contribution in [0, 0.1) is 0 Å². The number of pyridine rings is 1. The summed E-state index contributed by atoms with van der Waals surface area (Å²) in [6, 6.07) is 10.4. The summed E-state index contributed by atoms with van der Waals surface area (Å²) >= 11 is 0. The Labute approximate surface area is 97.1 Å². The first-order valence-corrected chi connectivity index (χ1v) is 5.61. The van der Waals surface area contributed by atoms with Crippen molar-refractivity contribution in [3.8, 4) is 0 Å². The molecule has 17 heavy (non-hydrogen) atoms. The topological polar surface area (TPSA) is 41.9 Å². The molecule has 2 N–H and O–H groups in total. The van der Waals surface area contributed by atoms with Crippen molar-refractivity contribution in [3.63, 3.8) is 0 Å². The van der Waals surface area contributed by atoms with Crippen LogP contribution in [0.1, 0.15) is 0 Å². The Morgan fingerprint density at radius 1 is 0.882 bits per heavy atom. The second-order valence-corrected chi connectivity index (χ2v) is 4.17. The quantitative estimate of drug-likeness (QED) is 0.428. The number of benzene rings is 2. The molecular formula is C14H10N3+. The summed E-state index contributed by atoms with van der Waals surface area (Å²) in [6.45, 7) is 0. The molecule has 0 saturated carbocycles. The van der Waals surface area contributed by atoms with Gasteiger partial charge < -0.3 is 0 Å². The third-order valence-electron chi connectivity index (χ3n) is 3.28. The lowest BCUT2D eigenvalue weighted by molar-refractivity contribution is -0.559. The Hall–Kier alpha value is -2.26. The molecule has 0 fully saturated rings. The van der Waals surface area contributed by atoms with Crippen LogP contribution >= 0.6 is 0 Å². The molecule has 0 saturated heterocycles. The second-order valence-electron chi connectivity index (χ2n) is 4.17. The van der Waals surface area contributed by atoms with Crippen molar-refractivity contribution in [1.82, 2.24) is 4.98 Å². The molecule has 0 bridgehead atoms. The summed E-state index contributed by atoms with van der Waals surface area (Å²) in [5.74, 6) is 0. The van der Waals surface area contributed by atoms with E-state index in [1.165, 1.54) is 26.8 Å². The molecule has 3 aromatic rings. The van der Waals surface area contributed by atoms with Crippen LogP contribution in [0.25, 0.3) is 27.7 Å². The van der Waals surface area contributed by atoms with Gasteiger partial charge in [-0.1, -0.05) is 29.4 Å². The van der Waals surface area contributed by atoms with E-state index in [4.69, 9.17) is 0 Å². The smallest absolute Gasteiger partial charge is 0.140 e. The maximum atomic E-state index is 4.48. The zero-order chi connectivity index (χ0) is 11.2. The van der Waals surface area contributed by atoms with Crippen molar-refractivity contribution in [2.45, 2.75) is 0 Å². The lowest BCUT2D eigenvalue weighted by atomic mass is 10.0. The minimum atomic E-state index is 1.08. The Kier molecular flexibility index (Phi) is 1.62. The number of rotatable bonds is 0. The zero-order valence-corrected chi connectivity index (χ0v) is 9.09. The first kappa shape index (κ1) is 8.84. The van der Waals surface area contributed by atoms with Gasteiger partial charge >= 0.3 is 0 Å². The average molecular weight is 220 g/mol. The van der Waals surface area contributed by atoms with Gasteiger partial charge in [-0.25, -0.2) is 0 Å². The number of nitrogens with zero attached hydrogens (tertiary/aromatic N) is 2. The van der Waals surface area contributed by atoms with Gasteiger partial charge in [0.2, 0.25) is 0 Å². The molecule has 0 amide bonds. The van der Waals surface area contributed by atoms with Gasteiger partial charge in [0.15, 0.2) is 0 Å². The lowest BCUT2D eigenvalue weighted by Crippen LogP contribution is -2.69. The molecule has 1 aromatic heterocycles. The number of aromatic nitrogens is 1. The maximum absolute atomic E-state index is 4.48. The van der Waals surface area contributed by atoms with Crippen molar-refractivity contribution in [1.29, 1.82) is 0 Å². The van der Waals surface area contributed by atoms with E-state index in [9.17, 15) is 0 Å². The number of quaternary nitrogens is 1. The molecule has 1 aliphatic heterocycles. The molecule has 80 valence electrons. The molecule has 1 aliphatic rings. The van der Waals surface area contributed by atoms with Crippen molar-refractivity contribution < 1.29 is 5.43 Å². The van der Waals surface area contributed by atoms with Gasteiger partial charge in [-0.05, 0) is 11.5 Å². The summed E-state index contributed by atoms with van der Waals surface area (Å²) in [5.41, 5.74) is 1.87. The van der Waals surface area contributed by atoms with Gasteiger partial charge in [-0.15, -0.1) is 0 Å². The number of nitrogens with two attached hydrogens (primary N) is 1. The predicted octanol–water partition coefficient (Wildman–Crippen LogP) is 0.238. The fourth-order valence-electron chi connectivity index (χ4n) is 2.54. The number of hydrogen-bond acceptors (Lipinski definition) is 2. The molecule has 2 heterocycles. The number of hydrogen-bond donors (Lipinski definition) is 1. The van der Waals surface area contributed by atoms with Gasteiger partial charge in [0.1, 0.15) is 11.6 Å². The largest absolute Gasteiger partial charge is 0.264 e. The molecule has 0 unspecified atom stereocenters. The minimum absolute atomic E-state index is 1.08. The molecule has 2 aromatic carbocycles. The summed E-state index contributed by atoms with van der Waals surface area (Å²) in [6.07, 6.45) is 5.85. The Morgan fingerprint density at radius 3 is 2.71 bits per heavy atom. The van der Waals surface area contributed by atoms with E-state index in [0.717, 1.165) is 5.36 Å². The second kappa shape index (κ2) is 3.12. The number of fused-ring (bicyclic) bond motifs is 6. The summed E-state index contributed by atoms with van der Waals surface area (Å²) < 4.78 is 0. The van der Waals surface area contributed by atoms with Gasteiger partial charge in [-0.2, -0.15) is 5.43 Å². The highest BCUT2D eigenvalue weighted by Crippen LogP contribution is 2.18. The lowest BCUT2D eigenvalue weighted by Gasteiger charge is -2.02. The Balaban J connectivity index is 2.50. The van der Waals surface area contributed by atoms with Crippen LogP contribution in [0.5, 0.6) is 0 Å². The van der Waals surface area contributed by atoms with Crippen LogP contribution in [0.15, 0.2) is 47.8 Å². The fraction of sp³-hybridized carbons (Fsp3) is 0. The van der Waals surface area contributed by atoms with Crippen molar-refractivity contribution in [2.75, 3.05) is 0 Å². The monoisotopic (exact) mass is 220 g/mol. The fourth-order valence-corrected chi connectivity index (χ4v) is 2.54. The highest BCUT2D eigenvalue weighted by atomic mass is 15.3. The molecule has 0 spiro atoms. The van der Waals surface area contributed by atoms with Crippen LogP contribution in [0.3, 0.4) is 0 Å². The SMILES string of the molecule is C1=c2c(c3ccccc3c3cnccc23)=N[NH2+]1. The summed E-state index contributed by atoms with van der Waals surface area (Å²) in [4.78, 5) is 4.23. The van der Waals surface area contributed by atoms with Gasteiger partial charge in [0.05, 0.1) is 5.22 Å². The highest BCUT2D eigenvalue weighted by molar-refractivity contribution is 6.07. The third-order valence-corrected chi connectivity index (χ3v) is 3.28. The maximum Gasteiger partial charge on any atom is 0.140 e. The van der Waals surface area contributed by atoms with Crippen molar-refractivity contribution in [3.05, 3.63) is 53.3 Å². The molecule has 0 aliphatic carbocycles. The van der Waals surface area contributed by atoms with Gasteiger partial charge in [0, 0.05) is 28.6 Å². The normalized spacial score (nSPS) is 13.4. The minimum Gasteiger partial charge on any atom is -0.264 e. The van der Waals surface area contributed by atoms with E-state index in [-0.39, 0.29) is 0 Å². The highest BCUT2D eigenvalue weighted by Gasteiger charge is 2.10. The van der Waals surface area contributed by atoms with Gasteiger partial charge in [-0.3, -0.25) is 4.98 Å². The van der Waals surface area contributed by atoms with E-state index in [1.54, 1.807) is 0 Å². The average Bonchev–Trinajstić information content (AvgIpc) is 2.89.